The lowest BCUT2D eigenvalue weighted by Gasteiger charge is -2.25. The van der Waals surface area contributed by atoms with Crippen LogP contribution in [0.3, 0.4) is 0 Å². The van der Waals surface area contributed by atoms with Crippen LogP contribution in [0.2, 0.25) is 0 Å². The van der Waals surface area contributed by atoms with E-state index >= 15 is 0 Å². The maximum atomic E-state index is 12.0. The van der Waals surface area contributed by atoms with E-state index in [4.69, 9.17) is 4.74 Å². The summed E-state index contributed by atoms with van der Waals surface area (Å²) in [4.78, 5) is 14.0. The third-order valence-corrected chi connectivity index (χ3v) is 3.79. The number of nitrogens with zero attached hydrogens (tertiary/aromatic N) is 1. The minimum absolute atomic E-state index is 0.144. The van der Waals surface area contributed by atoms with Crippen molar-refractivity contribution in [2.75, 3.05) is 18.5 Å². The number of hydrogen-bond donors (Lipinski definition) is 0. The Labute approximate surface area is 92.9 Å². The number of rotatable bonds is 2. The lowest BCUT2D eigenvalue weighted by atomic mass is 10.2. The van der Waals surface area contributed by atoms with Gasteiger partial charge in [-0.1, -0.05) is 15.9 Å². The fourth-order valence-corrected chi connectivity index (χ4v) is 2.92. The van der Waals surface area contributed by atoms with Gasteiger partial charge in [0, 0.05) is 24.5 Å². The fourth-order valence-electron chi connectivity index (χ4n) is 2.24. The summed E-state index contributed by atoms with van der Waals surface area (Å²) in [6.07, 6.45) is 4.06. The van der Waals surface area contributed by atoms with Gasteiger partial charge >= 0.3 is 0 Å². The molecule has 0 radical (unpaired) electrons. The van der Waals surface area contributed by atoms with Crippen molar-refractivity contribution < 1.29 is 9.53 Å². The number of amides is 1. The van der Waals surface area contributed by atoms with E-state index in [0.717, 1.165) is 44.2 Å². The second-order valence-corrected chi connectivity index (χ2v) is 4.63. The first-order valence-corrected chi connectivity index (χ1v) is 6.43. The highest BCUT2D eigenvalue weighted by Crippen LogP contribution is 2.23. The Morgan fingerprint density at radius 2 is 2.29 bits per heavy atom. The van der Waals surface area contributed by atoms with Crippen LogP contribution in [0, 0.1) is 0 Å². The monoisotopic (exact) mass is 261 g/mol. The standard InChI is InChI=1S/C10H16BrNO2/c11-7-8-3-1-5-12(8)10(13)9-4-2-6-14-9/h8-9H,1-7H2/t8-,9?/m1/s1. The molecule has 2 fully saturated rings. The number of carbonyl (C=O) groups excluding carboxylic acids is 1. The van der Waals surface area contributed by atoms with Gasteiger partial charge in [-0.15, -0.1) is 0 Å². The molecule has 0 bridgehead atoms. The largest absolute Gasteiger partial charge is 0.368 e. The summed E-state index contributed by atoms with van der Waals surface area (Å²) in [5, 5.41) is 0.894. The van der Waals surface area contributed by atoms with Crippen LogP contribution in [0.15, 0.2) is 0 Å². The van der Waals surface area contributed by atoms with Crippen LogP contribution in [0.4, 0.5) is 0 Å². The molecule has 0 aromatic heterocycles. The first kappa shape index (κ1) is 10.4. The number of hydrogen-bond acceptors (Lipinski definition) is 2. The Morgan fingerprint density at radius 1 is 1.43 bits per heavy atom. The molecule has 0 spiro atoms. The highest BCUT2D eigenvalue weighted by Gasteiger charge is 2.34. The van der Waals surface area contributed by atoms with E-state index in [9.17, 15) is 4.79 Å². The Bertz CT molecular complexity index is 216. The van der Waals surface area contributed by atoms with Crippen LogP contribution in [0.25, 0.3) is 0 Å². The van der Waals surface area contributed by atoms with Crippen molar-refractivity contribution in [1.82, 2.24) is 4.90 Å². The van der Waals surface area contributed by atoms with Gasteiger partial charge in [-0.05, 0) is 25.7 Å². The molecule has 2 saturated heterocycles. The molecule has 0 aromatic carbocycles. The van der Waals surface area contributed by atoms with E-state index < -0.39 is 0 Å². The molecule has 2 heterocycles. The highest BCUT2D eigenvalue weighted by molar-refractivity contribution is 9.09. The molecular formula is C10H16BrNO2. The Hall–Kier alpha value is -0.0900. The summed E-state index contributed by atoms with van der Waals surface area (Å²) in [5.41, 5.74) is 0. The minimum Gasteiger partial charge on any atom is -0.368 e. The molecular weight excluding hydrogens is 246 g/mol. The Kier molecular flexibility index (Phi) is 3.44. The van der Waals surface area contributed by atoms with Crippen molar-refractivity contribution in [2.24, 2.45) is 0 Å². The number of likely N-dealkylation sites (tertiary alicyclic amines) is 1. The molecule has 0 saturated carbocycles. The third-order valence-electron chi connectivity index (χ3n) is 3.04. The molecule has 2 aliphatic heterocycles. The SMILES string of the molecule is O=C(C1CCCO1)N1CCC[C@@H]1CBr. The number of ether oxygens (including phenoxy) is 1. The number of carbonyl (C=O) groups is 1. The minimum atomic E-state index is -0.144. The molecule has 0 N–H and O–H groups in total. The summed E-state index contributed by atoms with van der Waals surface area (Å²) in [6, 6.07) is 0.395. The number of alkyl halides is 1. The normalized spacial score (nSPS) is 32.5. The molecule has 0 aromatic rings. The smallest absolute Gasteiger partial charge is 0.251 e. The van der Waals surface area contributed by atoms with Gasteiger partial charge in [0.25, 0.3) is 5.91 Å². The van der Waals surface area contributed by atoms with E-state index in [-0.39, 0.29) is 12.0 Å². The van der Waals surface area contributed by atoms with Gasteiger partial charge in [0.1, 0.15) is 6.10 Å². The maximum absolute atomic E-state index is 12.0. The molecule has 1 amide bonds. The molecule has 14 heavy (non-hydrogen) atoms. The summed E-state index contributed by atoms with van der Waals surface area (Å²) >= 11 is 3.46. The summed E-state index contributed by atoms with van der Waals surface area (Å²) < 4.78 is 5.41. The van der Waals surface area contributed by atoms with Gasteiger partial charge < -0.3 is 9.64 Å². The van der Waals surface area contributed by atoms with E-state index in [1.54, 1.807) is 0 Å². The molecule has 2 atom stereocenters. The van der Waals surface area contributed by atoms with Gasteiger partial charge in [-0.3, -0.25) is 4.79 Å². The Balaban J connectivity index is 1.95. The maximum Gasteiger partial charge on any atom is 0.251 e. The molecule has 2 aliphatic rings. The zero-order valence-electron chi connectivity index (χ0n) is 8.25. The molecule has 0 aliphatic carbocycles. The zero-order chi connectivity index (χ0) is 9.97. The van der Waals surface area contributed by atoms with Gasteiger partial charge in [-0.2, -0.15) is 0 Å². The first-order chi connectivity index (χ1) is 6.83. The molecule has 2 rings (SSSR count). The van der Waals surface area contributed by atoms with Crippen molar-refractivity contribution in [3.63, 3.8) is 0 Å². The van der Waals surface area contributed by atoms with Crippen LogP contribution in [-0.2, 0) is 9.53 Å². The summed E-state index contributed by atoms with van der Waals surface area (Å²) in [6.45, 7) is 1.66. The molecule has 3 nitrogen and oxygen atoms in total. The van der Waals surface area contributed by atoms with E-state index in [1.807, 2.05) is 4.90 Å². The third kappa shape index (κ3) is 1.96. The van der Waals surface area contributed by atoms with Gasteiger partial charge in [0.15, 0.2) is 0 Å². The van der Waals surface area contributed by atoms with Crippen molar-refractivity contribution >= 4 is 21.8 Å². The first-order valence-electron chi connectivity index (χ1n) is 5.31. The summed E-state index contributed by atoms with van der Waals surface area (Å²) in [5.74, 6) is 0.212. The van der Waals surface area contributed by atoms with Crippen LogP contribution in [0.5, 0.6) is 0 Å². The van der Waals surface area contributed by atoms with Gasteiger partial charge in [-0.25, -0.2) is 0 Å². The summed E-state index contributed by atoms with van der Waals surface area (Å²) in [7, 11) is 0. The second-order valence-electron chi connectivity index (χ2n) is 3.98. The van der Waals surface area contributed by atoms with Crippen LogP contribution < -0.4 is 0 Å². The van der Waals surface area contributed by atoms with Gasteiger partial charge in [0.2, 0.25) is 0 Å². The molecule has 1 unspecified atom stereocenters. The molecule has 4 heteroatoms. The topological polar surface area (TPSA) is 29.5 Å². The lowest BCUT2D eigenvalue weighted by molar-refractivity contribution is -0.141. The lowest BCUT2D eigenvalue weighted by Crippen LogP contribution is -2.42. The van der Waals surface area contributed by atoms with Crippen LogP contribution >= 0.6 is 15.9 Å². The zero-order valence-corrected chi connectivity index (χ0v) is 9.83. The Morgan fingerprint density at radius 3 is 2.93 bits per heavy atom. The van der Waals surface area contributed by atoms with Crippen LogP contribution in [-0.4, -0.2) is 41.4 Å². The van der Waals surface area contributed by atoms with Crippen molar-refractivity contribution in [3.8, 4) is 0 Å². The van der Waals surface area contributed by atoms with E-state index in [1.165, 1.54) is 0 Å². The predicted octanol–water partition coefficient (Wildman–Crippen LogP) is 1.55. The average Bonchev–Trinajstić information content (AvgIpc) is 2.87. The average molecular weight is 262 g/mol. The second kappa shape index (κ2) is 4.62. The van der Waals surface area contributed by atoms with Crippen molar-refractivity contribution in [1.29, 1.82) is 0 Å². The van der Waals surface area contributed by atoms with Gasteiger partial charge in [0.05, 0.1) is 0 Å². The van der Waals surface area contributed by atoms with Crippen molar-refractivity contribution in [3.05, 3.63) is 0 Å². The van der Waals surface area contributed by atoms with E-state index in [2.05, 4.69) is 15.9 Å². The van der Waals surface area contributed by atoms with Crippen LogP contribution in [0.1, 0.15) is 25.7 Å². The fraction of sp³-hybridized carbons (Fsp3) is 0.900. The van der Waals surface area contributed by atoms with E-state index in [0.29, 0.717) is 6.04 Å². The quantitative estimate of drug-likeness (QED) is 0.707. The highest BCUT2D eigenvalue weighted by atomic mass is 79.9. The molecule has 80 valence electrons. The van der Waals surface area contributed by atoms with Crippen molar-refractivity contribution in [2.45, 2.75) is 37.8 Å². The number of halogens is 1. The predicted molar refractivity (Wildman–Crippen MR) is 57.5 cm³/mol.